The Morgan fingerprint density at radius 2 is 2.45 bits per heavy atom. The summed E-state index contributed by atoms with van der Waals surface area (Å²) < 4.78 is 10.2. The van der Waals surface area contributed by atoms with Crippen molar-refractivity contribution in [2.75, 3.05) is 6.61 Å². The fraction of sp³-hybridized carbons (Fsp3) is 0.500. The molecule has 0 unspecified atom stereocenters. The maximum absolute atomic E-state index is 8.79. The lowest BCUT2D eigenvalue weighted by Crippen LogP contribution is -1.93. The molecule has 0 aliphatic heterocycles. The summed E-state index contributed by atoms with van der Waals surface area (Å²) in [6.07, 6.45) is 1.56. The predicted molar refractivity (Wildman–Crippen MR) is 40.0 cm³/mol. The molecule has 0 aliphatic rings. The van der Waals surface area contributed by atoms with E-state index in [0.717, 1.165) is 5.56 Å². The topological polar surface area (TPSA) is 42.6 Å². The third-order valence-corrected chi connectivity index (χ3v) is 1.45. The normalized spacial score (nSPS) is 10.4. The molecule has 0 fully saturated rings. The second-order valence-electron chi connectivity index (χ2n) is 2.16. The molecule has 0 aliphatic carbocycles. The summed E-state index contributed by atoms with van der Waals surface area (Å²) in [4.78, 5) is 0. The van der Waals surface area contributed by atoms with Crippen molar-refractivity contribution in [3.05, 3.63) is 23.7 Å². The number of aliphatic hydroxyl groups excluding tert-OH is 1. The molecule has 11 heavy (non-hydrogen) atoms. The molecule has 0 radical (unpaired) electrons. The highest BCUT2D eigenvalue weighted by molar-refractivity contribution is 5.14. The number of hydrogen-bond donors (Lipinski definition) is 1. The van der Waals surface area contributed by atoms with Crippen LogP contribution in [0.2, 0.25) is 0 Å². The Labute approximate surface area is 65.6 Å². The lowest BCUT2D eigenvalue weighted by atomic mass is 10.3. The summed E-state index contributed by atoms with van der Waals surface area (Å²) in [6.45, 7) is 3.03. The highest BCUT2D eigenvalue weighted by atomic mass is 16.5. The molecular weight excluding hydrogens is 144 g/mol. The quantitative estimate of drug-likeness (QED) is 0.714. The summed E-state index contributed by atoms with van der Waals surface area (Å²) in [5.74, 6) is 0.717. The lowest BCUT2D eigenvalue weighted by molar-refractivity contribution is 0.115. The molecule has 1 heterocycles. The van der Waals surface area contributed by atoms with Crippen LogP contribution in [-0.2, 0) is 18.0 Å². The monoisotopic (exact) mass is 156 g/mol. The Morgan fingerprint density at radius 1 is 1.64 bits per heavy atom. The molecular formula is C8H12O3. The summed E-state index contributed by atoms with van der Waals surface area (Å²) in [5.41, 5.74) is 0.804. The highest BCUT2D eigenvalue weighted by Crippen LogP contribution is 2.11. The van der Waals surface area contributed by atoms with Gasteiger partial charge in [-0.2, -0.15) is 0 Å². The van der Waals surface area contributed by atoms with Gasteiger partial charge in [0.15, 0.2) is 0 Å². The van der Waals surface area contributed by atoms with E-state index in [4.69, 9.17) is 14.3 Å². The molecule has 1 aromatic rings. The fourth-order valence-electron chi connectivity index (χ4n) is 0.829. The maximum Gasteiger partial charge on any atom is 0.134 e. The molecule has 3 nitrogen and oxygen atoms in total. The Bertz CT molecular complexity index is 205. The Hall–Kier alpha value is -0.800. The number of hydrogen-bond acceptors (Lipinski definition) is 3. The van der Waals surface area contributed by atoms with Crippen LogP contribution in [0.4, 0.5) is 0 Å². The Kier molecular flexibility index (Phi) is 3.14. The molecule has 0 bridgehead atoms. The second-order valence-corrected chi connectivity index (χ2v) is 2.16. The highest BCUT2D eigenvalue weighted by Gasteiger charge is 2.03. The maximum atomic E-state index is 8.79. The minimum Gasteiger partial charge on any atom is -0.467 e. The fourth-order valence-corrected chi connectivity index (χ4v) is 0.829. The van der Waals surface area contributed by atoms with E-state index in [1.165, 1.54) is 0 Å². The van der Waals surface area contributed by atoms with Crippen LogP contribution >= 0.6 is 0 Å². The smallest absolute Gasteiger partial charge is 0.134 e. The molecule has 0 amide bonds. The molecule has 3 heteroatoms. The molecule has 0 saturated heterocycles. The molecule has 0 saturated carbocycles. The molecule has 1 rings (SSSR count). The average molecular weight is 156 g/mol. The first-order valence-electron chi connectivity index (χ1n) is 3.62. The van der Waals surface area contributed by atoms with E-state index in [2.05, 4.69) is 0 Å². The van der Waals surface area contributed by atoms with Gasteiger partial charge in [0.05, 0.1) is 12.9 Å². The lowest BCUT2D eigenvalue weighted by Gasteiger charge is -1.98. The van der Waals surface area contributed by atoms with Crippen molar-refractivity contribution < 1.29 is 14.3 Å². The first-order chi connectivity index (χ1) is 5.38. The van der Waals surface area contributed by atoms with Crippen molar-refractivity contribution in [3.63, 3.8) is 0 Å². The summed E-state index contributed by atoms with van der Waals surface area (Å²) in [5, 5.41) is 8.79. The molecule has 1 N–H and O–H groups in total. The zero-order valence-electron chi connectivity index (χ0n) is 6.54. The van der Waals surface area contributed by atoms with Gasteiger partial charge in [0.25, 0.3) is 0 Å². The standard InChI is InChI=1S/C8H12O3/c1-2-10-6-8-7(5-9)3-4-11-8/h3-4,9H,2,5-6H2,1H3. The zero-order valence-corrected chi connectivity index (χ0v) is 6.54. The molecule has 1 aromatic heterocycles. The predicted octanol–water partition coefficient (Wildman–Crippen LogP) is 1.31. The second kappa shape index (κ2) is 4.16. The van der Waals surface area contributed by atoms with Crippen molar-refractivity contribution in [2.24, 2.45) is 0 Å². The van der Waals surface area contributed by atoms with E-state index >= 15 is 0 Å². The summed E-state index contributed by atoms with van der Waals surface area (Å²) in [7, 11) is 0. The van der Waals surface area contributed by atoms with Gasteiger partial charge in [-0.15, -0.1) is 0 Å². The van der Waals surface area contributed by atoms with Gasteiger partial charge >= 0.3 is 0 Å². The largest absolute Gasteiger partial charge is 0.467 e. The molecule has 0 spiro atoms. The number of furan rings is 1. The zero-order chi connectivity index (χ0) is 8.10. The van der Waals surface area contributed by atoms with E-state index in [9.17, 15) is 0 Å². The van der Waals surface area contributed by atoms with E-state index in [1.807, 2.05) is 6.92 Å². The van der Waals surface area contributed by atoms with E-state index < -0.39 is 0 Å². The Morgan fingerprint density at radius 3 is 3.09 bits per heavy atom. The minimum absolute atomic E-state index is 0.0128. The third-order valence-electron chi connectivity index (χ3n) is 1.45. The molecule has 0 aromatic carbocycles. The van der Waals surface area contributed by atoms with Gasteiger partial charge in [-0.25, -0.2) is 0 Å². The van der Waals surface area contributed by atoms with Gasteiger partial charge in [-0.1, -0.05) is 0 Å². The first-order valence-corrected chi connectivity index (χ1v) is 3.62. The van der Waals surface area contributed by atoms with Gasteiger partial charge in [0, 0.05) is 12.2 Å². The number of aliphatic hydroxyl groups is 1. The van der Waals surface area contributed by atoms with E-state index in [1.54, 1.807) is 12.3 Å². The van der Waals surface area contributed by atoms with Gasteiger partial charge in [-0.3, -0.25) is 0 Å². The van der Waals surface area contributed by atoms with Crippen LogP contribution in [-0.4, -0.2) is 11.7 Å². The summed E-state index contributed by atoms with van der Waals surface area (Å²) in [6, 6.07) is 1.74. The van der Waals surface area contributed by atoms with Crippen molar-refractivity contribution in [1.29, 1.82) is 0 Å². The van der Waals surface area contributed by atoms with Crippen molar-refractivity contribution in [3.8, 4) is 0 Å². The minimum atomic E-state index is 0.0128. The first kappa shape index (κ1) is 8.30. The van der Waals surface area contributed by atoms with Crippen molar-refractivity contribution in [2.45, 2.75) is 20.1 Å². The van der Waals surface area contributed by atoms with Crippen molar-refractivity contribution in [1.82, 2.24) is 0 Å². The SMILES string of the molecule is CCOCc1occc1CO. The van der Waals surface area contributed by atoms with Crippen LogP contribution in [0.1, 0.15) is 18.2 Å². The molecule has 0 atom stereocenters. The van der Waals surface area contributed by atoms with Crippen LogP contribution in [0.15, 0.2) is 16.7 Å². The van der Waals surface area contributed by atoms with Crippen LogP contribution in [0.25, 0.3) is 0 Å². The summed E-state index contributed by atoms with van der Waals surface area (Å²) >= 11 is 0. The van der Waals surface area contributed by atoms with Gasteiger partial charge in [0.1, 0.15) is 12.4 Å². The van der Waals surface area contributed by atoms with Crippen LogP contribution < -0.4 is 0 Å². The number of rotatable bonds is 4. The Balaban J connectivity index is 2.54. The van der Waals surface area contributed by atoms with Crippen molar-refractivity contribution >= 4 is 0 Å². The van der Waals surface area contributed by atoms with Gasteiger partial charge < -0.3 is 14.3 Å². The van der Waals surface area contributed by atoms with E-state index in [-0.39, 0.29) is 6.61 Å². The van der Waals surface area contributed by atoms with Crippen LogP contribution in [0.3, 0.4) is 0 Å². The third kappa shape index (κ3) is 2.06. The van der Waals surface area contributed by atoms with Gasteiger partial charge in [-0.05, 0) is 13.0 Å². The van der Waals surface area contributed by atoms with E-state index in [0.29, 0.717) is 19.0 Å². The average Bonchev–Trinajstić information content (AvgIpc) is 2.47. The van der Waals surface area contributed by atoms with Crippen LogP contribution in [0.5, 0.6) is 0 Å². The number of ether oxygens (including phenoxy) is 1. The molecule has 62 valence electrons. The van der Waals surface area contributed by atoms with Gasteiger partial charge in [0.2, 0.25) is 0 Å². The van der Waals surface area contributed by atoms with Crippen LogP contribution in [0, 0.1) is 0 Å².